The number of methoxy groups -OCH3 is 1. The summed E-state index contributed by atoms with van der Waals surface area (Å²) in [6, 6.07) is 11.2. The molecule has 0 bridgehead atoms. The van der Waals surface area contributed by atoms with Gasteiger partial charge in [0.25, 0.3) is 0 Å². The van der Waals surface area contributed by atoms with E-state index in [2.05, 4.69) is 15.8 Å². The lowest BCUT2D eigenvalue weighted by Gasteiger charge is -2.12. The minimum Gasteiger partial charge on any atom is -0.493 e. The van der Waals surface area contributed by atoms with Gasteiger partial charge in [-0.25, -0.2) is 5.43 Å². The van der Waals surface area contributed by atoms with E-state index in [0.29, 0.717) is 23.7 Å². The first-order valence-electron chi connectivity index (χ1n) is 9.94. The topological polar surface area (TPSA) is 89.0 Å². The fourth-order valence-electron chi connectivity index (χ4n) is 2.71. The van der Waals surface area contributed by atoms with Crippen LogP contribution in [0, 0.1) is 13.8 Å². The molecule has 0 atom stereocenters. The highest BCUT2D eigenvalue weighted by molar-refractivity contribution is 5.94. The standard InChI is InChI=1S/C23H29N3O4/c1-5-14-30-23-18(9-7-11-20(23)29-4)15-24-26-22(28)13-12-21(27)25-19-10-6-8-16(2)17(19)3/h6-11,15H,5,12-14H2,1-4H3,(H,25,27)(H,26,28). The Bertz CT molecular complexity index is 909. The van der Waals surface area contributed by atoms with Gasteiger partial charge < -0.3 is 14.8 Å². The van der Waals surface area contributed by atoms with Gasteiger partial charge in [0.15, 0.2) is 11.5 Å². The number of hydrogen-bond acceptors (Lipinski definition) is 5. The largest absolute Gasteiger partial charge is 0.493 e. The summed E-state index contributed by atoms with van der Waals surface area (Å²) < 4.78 is 11.1. The molecule has 7 heteroatoms. The minimum absolute atomic E-state index is 0.0331. The summed E-state index contributed by atoms with van der Waals surface area (Å²) in [6.07, 6.45) is 2.46. The number of nitrogens with zero attached hydrogens (tertiary/aromatic N) is 1. The van der Waals surface area contributed by atoms with Crippen molar-refractivity contribution < 1.29 is 19.1 Å². The molecule has 2 aromatic carbocycles. The molecular formula is C23H29N3O4. The molecule has 0 saturated carbocycles. The van der Waals surface area contributed by atoms with E-state index in [4.69, 9.17) is 9.47 Å². The van der Waals surface area contributed by atoms with E-state index in [0.717, 1.165) is 23.2 Å². The van der Waals surface area contributed by atoms with Crippen LogP contribution in [0.25, 0.3) is 0 Å². The number of amides is 2. The highest BCUT2D eigenvalue weighted by atomic mass is 16.5. The van der Waals surface area contributed by atoms with Crippen molar-refractivity contribution in [1.82, 2.24) is 5.43 Å². The summed E-state index contributed by atoms with van der Waals surface area (Å²) >= 11 is 0. The number of para-hydroxylation sites is 1. The normalized spacial score (nSPS) is 10.7. The molecule has 0 radical (unpaired) electrons. The second kappa shape index (κ2) is 11.6. The van der Waals surface area contributed by atoms with Gasteiger partial charge in [-0.3, -0.25) is 9.59 Å². The van der Waals surface area contributed by atoms with E-state index in [1.54, 1.807) is 13.2 Å². The Kier molecular flexibility index (Phi) is 8.87. The van der Waals surface area contributed by atoms with Crippen LogP contribution in [0.4, 0.5) is 5.69 Å². The van der Waals surface area contributed by atoms with Crippen molar-refractivity contribution in [2.45, 2.75) is 40.0 Å². The Hall–Kier alpha value is -3.35. The van der Waals surface area contributed by atoms with Gasteiger partial charge in [-0.1, -0.05) is 25.1 Å². The summed E-state index contributed by atoms with van der Waals surface area (Å²) in [5.74, 6) is 0.613. The Morgan fingerprint density at radius 1 is 1.07 bits per heavy atom. The van der Waals surface area contributed by atoms with Crippen molar-refractivity contribution in [2.75, 3.05) is 19.0 Å². The number of nitrogens with one attached hydrogen (secondary N) is 2. The van der Waals surface area contributed by atoms with E-state index in [-0.39, 0.29) is 24.7 Å². The first-order chi connectivity index (χ1) is 14.5. The lowest BCUT2D eigenvalue weighted by molar-refractivity contribution is -0.124. The third kappa shape index (κ3) is 6.62. The van der Waals surface area contributed by atoms with Crippen LogP contribution in [0.3, 0.4) is 0 Å². The number of carbonyl (C=O) groups is 2. The van der Waals surface area contributed by atoms with Gasteiger partial charge in [-0.2, -0.15) is 5.10 Å². The zero-order chi connectivity index (χ0) is 21.9. The molecule has 2 aromatic rings. The molecule has 0 spiro atoms. The van der Waals surface area contributed by atoms with Crippen molar-refractivity contribution in [1.29, 1.82) is 0 Å². The fourth-order valence-corrected chi connectivity index (χ4v) is 2.71. The lowest BCUT2D eigenvalue weighted by Crippen LogP contribution is -2.21. The second-order valence-electron chi connectivity index (χ2n) is 6.82. The number of hydrogen-bond donors (Lipinski definition) is 2. The maximum atomic E-state index is 12.1. The van der Waals surface area contributed by atoms with Crippen LogP contribution >= 0.6 is 0 Å². The van der Waals surface area contributed by atoms with Crippen molar-refractivity contribution in [2.24, 2.45) is 5.10 Å². The lowest BCUT2D eigenvalue weighted by atomic mass is 10.1. The quantitative estimate of drug-likeness (QED) is 0.457. The SMILES string of the molecule is CCCOc1c(C=NNC(=O)CCC(=O)Nc2cccc(C)c2C)cccc1OC. The van der Waals surface area contributed by atoms with E-state index in [9.17, 15) is 9.59 Å². The fraction of sp³-hybridized carbons (Fsp3) is 0.348. The van der Waals surface area contributed by atoms with Crippen LogP contribution in [0.1, 0.15) is 42.9 Å². The van der Waals surface area contributed by atoms with E-state index < -0.39 is 0 Å². The molecule has 160 valence electrons. The van der Waals surface area contributed by atoms with Gasteiger partial charge in [0.05, 0.1) is 19.9 Å². The molecule has 0 heterocycles. The van der Waals surface area contributed by atoms with Crippen LogP contribution in [-0.4, -0.2) is 31.7 Å². The highest BCUT2D eigenvalue weighted by Gasteiger charge is 2.10. The van der Waals surface area contributed by atoms with Gasteiger partial charge in [0.1, 0.15) is 0 Å². The van der Waals surface area contributed by atoms with E-state index >= 15 is 0 Å². The van der Waals surface area contributed by atoms with Crippen LogP contribution in [0.15, 0.2) is 41.5 Å². The molecule has 0 aliphatic heterocycles. The van der Waals surface area contributed by atoms with Crippen LogP contribution in [0.2, 0.25) is 0 Å². The van der Waals surface area contributed by atoms with Crippen molar-refractivity contribution in [3.63, 3.8) is 0 Å². The highest BCUT2D eigenvalue weighted by Crippen LogP contribution is 2.30. The molecule has 0 aromatic heterocycles. The Morgan fingerprint density at radius 2 is 1.80 bits per heavy atom. The molecule has 2 rings (SSSR count). The third-order valence-electron chi connectivity index (χ3n) is 4.53. The Balaban J connectivity index is 1.88. The molecule has 30 heavy (non-hydrogen) atoms. The van der Waals surface area contributed by atoms with Crippen LogP contribution in [-0.2, 0) is 9.59 Å². The zero-order valence-electron chi connectivity index (χ0n) is 18.0. The number of carbonyl (C=O) groups excluding carboxylic acids is 2. The Labute approximate surface area is 177 Å². The molecule has 0 aliphatic rings. The van der Waals surface area contributed by atoms with Gasteiger partial charge in [0.2, 0.25) is 11.8 Å². The zero-order valence-corrected chi connectivity index (χ0v) is 18.0. The van der Waals surface area contributed by atoms with Gasteiger partial charge >= 0.3 is 0 Å². The predicted molar refractivity (Wildman–Crippen MR) is 118 cm³/mol. The monoisotopic (exact) mass is 411 g/mol. The van der Waals surface area contributed by atoms with Crippen LogP contribution in [0.5, 0.6) is 11.5 Å². The van der Waals surface area contributed by atoms with E-state index in [1.807, 2.05) is 51.1 Å². The Morgan fingerprint density at radius 3 is 2.53 bits per heavy atom. The second-order valence-corrected chi connectivity index (χ2v) is 6.82. The van der Waals surface area contributed by atoms with Crippen molar-refractivity contribution in [3.05, 3.63) is 53.1 Å². The molecule has 0 aliphatic carbocycles. The molecule has 0 fully saturated rings. The van der Waals surface area contributed by atoms with Gasteiger partial charge in [0, 0.05) is 24.1 Å². The average molecular weight is 412 g/mol. The van der Waals surface area contributed by atoms with Crippen molar-refractivity contribution >= 4 is 23.7 Å². The summed E-state index contributed by atoms with van der Waals surface area (Å²) in [5, 5.41) is 6.82. The molecule has 2 N–H and O–H groups in total. The number of ether oxygens (including phenoxy) is 2. The van der Waals surface area contributed by atoms with Gasteiger partial charge in [-0.05, 0) is 49.6 Å². The number of benzene rings is 2. The number of rotatable bonds is 10. The number of aryl methyl sites for hydroxylation is 1. The maximum Gasteiger partial charge on any atom is 0.240 e. The summed E-state index contributed by atoms with van der Waals surface area (Å²) in [7, 11) is 1.57. The number of hydrazone groups is 1. The third-order valence-corrected chi connectivity index (χ3v) is 4.53. The molecule has 0 saturated heterocycles. The molecule has 0 unspecified atom stereocenters. The first-order valence-corrected chi connectivity index (χ1v) is 9.94. The van der Waals surface area contributed by atoms with Crippen LogP contribution < -0.4 is 20.2 Å². The molecular weight excluding hydrogens is 382 g/mol. The smallest absolute Gasteiger partial charge is 0.240 e. The average Bonchev–Trinajstić information content (AvgIpc) is 2.74. The predicted octanol–water partition coefficient (Wildman–Crippen LogP) is 3.97. The van der Waals surface area contributed by atoms with E-state index in [1.165, 1.54) is 6.21 Å². The summed E-state index contributed by atoms with van der Waals surface area (Å²) in [5.41, 5.74) is 6.01. The van der Waals surface area contributed by atoms with Crippen molar-refractivity contribution in [3.8, 4) is 11.5 Å². The molecule has 7 nitrogen and oxygen atoms in total. The minimum atomic E-state index is -0.346. The summed E-state index contributed by atoms with van der Waals surface area (Å²) in [6.45, 7) is 6.49. The maximum absolute atomic E-state index is 12.1. The molecule has 2 amide bonds. The van der Waals surface area contributed by atoms with Gasteiger partial charge in [-0.15, -0.1) is 0 Å². The number of anilines is 1. The first kappa shape index (κ1) is 22.9. The summed E-state index contributed by atoms with van der Waals surface area (Å²) in [4.78, 5) is 24.2.